The summed E-state index contributed by atoms with van der Waals surface area (Å²) in [5.41, 5.74) is 2.91. The number of hydrogen-bond acceptors (Lipinski definition) is 5. The fraction of sp³-hybridized carbons (Fsp3) is 0.368. The minimum absolute atomic E-state index is 0.288. The first-order valence-electron chi connectivity index (χ1n) is 8.51. The van der Waals surface area contributed by atoms with Gasteiger partial charge in [0.05, 0.1) is 25.2 Å². The number of nitrogens with one attached hydrogen (secondary N) is 1. The van der Waals surface area contributed by atoms with Crippen molar-refractivity contribution in [2.45, 2.75) is 18.7 Å². The van der Waals surface area contributed by atoms with Gasteiger partial charge in [-0.15, -0.1) is 0 Å². The summed E-state index contributed by atoms with van der Waals surface area (Å²) >= 11 is 0. The van der Waals surface area contributed by atoms with E-state index in [1.54, 1.807) is 45.2 Å². The Morgan fingerprint density at radius 1 is 1.04 bits per heavy atom. The van der Waals surface area contributed by atoms with Crippen molar-refractivity contribution in [2.24, 2.45) is 0 Å². The normalized spacial score (nSPS) is 15.0. The van der Waals surface area contributed by atoms with E-state index in [9.17, 15) is 8.42 Å². The average molecular weight is 376 g/mol. The van der Waals surface area contributed by atoms with E-state index in [0.29, 0.717) is 35.8 Å². The van der Waals surface area contributed by atoms with Crippen LogP contribution in [0.25, 0.3) is 0 Å². The van der Waals surface area contributed by atoms with Crippen molar-refractivity contribution in [3.63, 3.8) is 0 Å². The van der Waals surface area contributed by atoms with Crippen molar-refractivity contribution in [2.75, 3.05) is 43.0 Å². The summed E-state index contributed by atoms with van der Waals surface area (Å²) in [5.74, 6) is 0.647. The highest BCUT2D eigenvalue weighted by atomic mass is 32.2. The smallest absolute Gasteiger partial charge is 0.262 e. The number of aryl methyl sites for hydroxylation is 2. The van der Waals surface area contributed by atoms with Gasteiger partial charge in [-0.2, -0.15) is 0 Å². The Morgan fingerprint density at radius 3 is 2.15 bits per heavy atom. The lowest BCUT2D eigenvalue weighted by Gasteiger charge is -2.28. The van der Waals surface area contributed by atoms with Gasteiger partial charge in [0, 0.05) is 24.5 Å². The van der Waals surface area contributed by atoms with Gasteiger partial charge in [-0.1, -0.05) is 0 Å². The van der Waals surface area contributed by atoms with Crippen molar-refractivity contribution >= 4 is 21.4 Å². The van der Waals surface area contributed by atoms with Gasteiger partial charge >= 0.3 is 0 Å². The van der Waals surface area contributed by atoms with Crippen molar-refractivity contribution < 1.29 is 17.9 Å². The summed E-state index contributed by atoms with van der Waals surface area (Å²) in [6, 6.07) is 10.9. The zero-order valence-electron chi connectivity index (χ0n) is 15.3. The third kappa shape index (κ3) is 3.94. The number of nitrogens with zero attached hydrogens (tertiary/aromatic N) is 1. The molecule has 0 bridgehead atoms. The van der Waals surface area contributed by atoms with Crippen molar-refractivity contribution in [1.82, 2.24) is 0 Å². The lowest BCUT2D eigenvalue weighted by molar-refractivity contribution is 0.122. The van der Waals surface area contributed by atoms with Crippen LogP contribution in [-0.4, -0.2) is 41.8 Å². The summed E-state index contributed by atoms with van der Waals surface area (Å²) in [7, 11) is -2.11. The van der Waals surface area contributed by atoms with Crippen LogP contribution in [0, 0.1) is 13.8 Å². The second-order valence-electron chi connectivity index (χ2n) is 6.34. The zero-order valence-corrected chi connectivity index (χ0v) is 16.1. The first-order chi connectivity index (χ1) is 12.4. The zero-order chi connectivity index (χ0) is 18.7. The second-order valence-corrected chi connectivity index (χ2v) is 7.96. The van der Waals surface area contributed by atoms with Crippen LogP contribution >= 0.6 is 0 Å². The molecule has 0 radical (unpaired) electrons. The highest BCUT2D eigenvalue weighted by Gasteiger charge is 2.21. The lowest BCUT2D eigenvalue weighted by Crippen LogP contribution is -2.36. The minimum Gasteiger partial charge on any atom is -0.497 e. The predicted molar refractivity (Wildman–Crippen MR) is 103 cm³/mol. The van der Waals surface area contributed by atoms with Crippen molar-refractivity contribution in [3.05, 3.63) is 47.5 Å². The second kappa shape index (κ2) is 7.55. The van der Waals surface area contributed by atoms with Crippen LogP contribution < -0.4 is 14.4 Å². The molecule has 0 unspecified atom stereocenters. The van der Waals surface area contributed by atoms with E-state index in [1.807, 2.05) is 12.1 Å². The largest absolute Gasteiger partial charge is 0.497 e. The molecule has 0 saturated carbocycles. The van der Waals surface area contributed by atoms with Crippen LogP contribution in [0.3, 0.4) is 0 Å². The Hall–Kier alpha value is -2.25. The molecule has 7 heteroatoms. The fourth-order valence-electron chi connectivity index (χ4n) is 3.22. The maximum atomic E-state index is 12.9. The fourth-order valence-corrected chi connectivity index (χ4v) is 4.73. The molecule has 0 aromatic heterocycles. The molecule has 1 saturated heterocycles. The van der Waals surface area contributed by atoms with Gasteiger partial charge < -0.3 is 14.4 Å². The number of anilines is 2. The number of methoxy groups -OCH3 is 1. The van der Waals surface area contributed by atoms with Crippen LogP contribution in [0.15, 0.2) is 41.3 Å². The van der Waals surface area contributed by atoms with E-state index in [1.165, 1.54) is 0 Å². The minimum atomic E-state index is -3.68. The molecule has 1 aliphatic heterocycles. The Balaban J connectivity index is 1.81. The third-order valence-electron chi connectivity index (χ3n) is 4.43. The molecule has 6 nitrogen and oxygen atoms in total. The quantitative estimate of drug-likeness (QED) is 0.869. The molecule has 1 N–H and O–H groups in total. The summed E-state index contributed by atoms with van der Waals surface area (Å²) in [5, 5.41) is 0. The van der Waals surface area contributed by atoms with Crippen LogP contribution in [0.1, 0.15) is 11.1 Å². The maximum absolute atomic E-state index is 12.9. The standard InChI is InChI=1S/C19H24N2O4S/c1-14-12-18(24-3)13-15(2)19(14)26(22,23)20-16-4-6-17(7-5-16)21-8-10-25-11-9-21/h4-7,12-13,20H,8-11H2,1-3H3. The highest BCUT2D eigenvalue weighted by Crippen LogP contribution is 2.28. The Kier molecular flexibility index (Phi) is 5.38. The molecule has 0 spiro atoms. The maximum Gasteiger partial charge on any atom is 0.262 e. The van der Waals surface area contributed by atoms with Gasteiger partial charge in [0.15, 0.2) is 0 Å². The monoisotopic (exact) mass is 376 g/mol. The van der Waals surface area contributed by atoms with Crippen LogP contribution in [-0.2, 0) is 14.8 Å². The molecular weight excluding hydrogens is 352 g/mol. The molecule has 1 aliphatic rings. The first kappa shape index (κ1) is 18.5. The Bertz CT molecular complexity index is 850. The number of ether oxygens (including phenoxy) is 2. The Morgan fingerprint density at radius 2 is 1.62 bits per heavy atom. The van der Waals surface area contributed by atoms with E-state index in [0.717, 1.165) is 18.8 Å². The topological polar surface area (TPSA) is 67.9 Å². The van der Waals surface area contributed by atoms with Crippen LogP contribution in [0.5, 0.6) is 5.75 Å². The van der Waals surface area contributed by atoms with Crippen molar-refractivity contribution in [1.29, 1.82) is 0 Å². The molecular formula is C19H24N2O4S. The van der Waals surface area contributed by atoms with Gasteiger partial charge in [-0.05, 0) is 61.4 Å². The molecule has 1 heterocycles. The van der Waals surface area contributed by atoms with E-state index < -0.39 is 10.0 Å². The van der Waals surface area contributed by atoms with Gasteiger partial charge in [0.1, 0.15) is 5.75 Å². The molecule has 140 valence electrons. The summed E-state index contributed by atoms with van der Waals surface area (Å²) < 4.78 is 38.9. The molecule has 3 rings (SSSR count). The summed E-state index contributed by atoms with van der Waals surface area (Å²) in [6.45, 7) is 6.65. The number of hydrogen-bond donors (Lipinski definition) is 1. The van der Waals surface area contributed by atoms with Gasteiger partial charge in [0.25, 0.3) is 10.0 Å². The van der Waals surface area contributed by atoms with Gasteiger partial charge in [0.2, 0.25) is 0 Å². The van der Waals surface area contributed by atoms with Gasteiger partial charge in [-0.3, -0.25) is 4.72 Å². The predicted octanol–water partition coefficient (Wildman–Crippen LogP) is 2.95. The average Bonchev–Trinajstić information content (AvgIpc) is 2.61. The molecule has 26 heavy (non-hydrogen) atoms. The number of sulfonamides is 1. The first-order valence-corrected chi connectivity index (χ1v) is 10.00. The summed E-state index contributed by atoms with van der Waals surface area (Å²) in [6.07, 6.45) is 0. The van der Waals surface area contributed by atoms with E-state index in [4.69, 9.17) is 9.47 Å². The molecule has 1 fully saturated rings. The van der Waals surface area contributed by atoms with Gasteiger partial charge in [-0.25, -0.2) is 8.42 Å². The molecule has 0 amide bonds. The lowest BCUT2D eigenvalue weighted by atomic mass is 10.1. The molecule has 0 atom stereocenters. The SMILES string of the molecule is COc1cc(C)c(S(=O)(=O)Nc2ccc(N3CCOCC3)cc2)c(C)c1. The third-order valence-corrected chi connectivity index (χ3v) is 6.12. The number of benzene rings is 2. The van der Waals surface area contributed by atoms with E-state index >= 15 is 0 Å². The number of morpholine rings is 1. The molecule has 2 aromatic carbocycles. The molecule has 0 aliphatic carbocycles. The van der Waals surface area contributed by atoms with E-state index in [-0.39, 0.29) is 4.90 Å². The van der Waals surface area contributed by atoms with E-state index in [2.05, 4.69) is 9.62 Å². The van der Waals surface area contributed by atoms with Crippen molar-refractivity contribution in [3.8, 4) is 5.75 Å². The molecule has 2 aromatic rings. The van der Waals surface area contributed by atoms with Crippen LogP contribution in [0.4, 0.5) is 11.4 Å². The highest BCUT2D eigenvalue weighted by molar-refractivity contribution is 7.92. The Labute approximate surface area is 154 Å². The number of rotatable bonds is 5. The van der Waals surface area contributed by atoms with Crippen LogP contribution in [0.2, 0.25) is 0 Å². The summed E-state index contributed by atoms with van der Waals surface area (Å²) in [4.78, 5) is 2.51.